The first kappa shape index (κ1) is 21.6. The third-order valence-electron chi connectivity index (χ3n) is 4.28. The van der Waals surface area contributed by atoms with E-state index in [2.05, 4.69) is 11.6 Å². The van der Waals surface area contributed by atoms with Gasteiger partial charge in [-0.15, -0.1) is 19.0 Å². The molecule has 1 aromatic carbocycles. The maximum atomic E-state index is 13.4. The van der Waals surface area contributed by atoms with Crippen molar-refractivity contribution in [2.45, 2.75) is 11.8 Å². The molecule has 0 spiro atoms. The van der Waals surface area contributed by atoms with Crippen LogP contribution in [0.1, 0.15) is 26.7 Å². The van der Waals surface area contributed by atoms with Crippen LogP contribution in [0.5, 0.6) is 0 Å². The molecule has 2 heterocycles. The third-order valence-corrected chi connectivity index (χ3v) is 6.24. The van der Waals surface area contributed by atoms with E-state index in [0.717, 1.165) is 9.54 Å². The van der Waals surface area contributed by atoms with Crippen molar-refractivity contribution in [2.24, 2.45) is 5.73 Å². The number of hydrogen-bond acceptors (Lipinski definition) is 5. The van der Waals surface area contributed by atoms with Crippen LogP contribution < -0.4 is 5.73 Å². The lowest BCUT2D eigenvalue weighted by atomic mass is 10.0. The molecule has 0 bridgehead atoms. The summed E-state index contributed by atoms with van der Waals surface area (Å²) >= 11 is 0. The summed E-state index contributed by atoms with van der Waals surface area (Å²) in [6, 6.07) is 12.1. The van der Waals surface area contributed by atoms with Gasteiger partial charge in [0, 0.05) is 36.3 Å². The highest BCUT2D eigenvalue weighted by Gasteiger charge is 2.29. The lowest BCUT2D eigenvalue weighted by molar-refractivity contribution is 0.112. The van der Waals surface area contributed by atoms with Gasteiger partial charge < -0.3 is 5.73 Å². The molecule has 2 aromatic heterocycles. The molecule has 0 aliphatic rings. The average Bonchev–Trinajstić information content (AvgIpc) is 3.14. The fraction of sp³-hybridized carbons (Fsp3) is 0.100. The van der Waals surface area contributed by atoms with Crippen molar-refractivity contribution >= 4 is 28.7 Å². The third kappa shape index (κ3) is 3.91. The van der Waals surface area contributed by atoms with Crippen molar-refractivity contribution in [3.05, 3.63) is 90.4 Å². The fourth-order valence-corrected chi connectivity index (χ4v) is 4.64. The molecule has 0 fully saturated rings. The summed E-state index contributed by atoms with van der Waals surface area (Å²) in [7, 11) is -3.94. The number of benzene rings is 1. The Labute approximate surface area is 170 Å². The molecule has 6 nitrogen and oxygen atoms in total. The van der Waals surface area contributed by atoms with Crippen molar-refractivity contribution in [1.29, 1.82) is 0 Å². The Kier molecular flexibility index (Phi) is 6.90. The normalized spacial score (nSPS) is 12.0. The predicted octanol–water partition coefficient (Wildman–Crippen LogP) is 3.35. The molecule has 0 aliphatic heterocycles. The summed E-state index contributed by atoms with van der Waals surface area (Å²) in [5.41, 5.74) is 8.38. The highest BCUT2D eigenvalue weighted by atomic mass is 35.5. The number of aromatic nitrogens is 2. The zero-order valence-corrected chi connectivity index (χ0v) is 16.6. The van der Waals surface area contributed by atoms with E-state index in [0.29, 0.717) is 23.1 Å². The number of aldehydes is 1. The molecule has 0 aliphatic carbocycles. The molecule has 28 heavy (non-hydrogen) atoms. The van der Waals surface area contributed by atoms with E-state index in [9.17, 15) is 13.2 Å². The van der Waals surface area contributed by atoms with Crippen molar-refractivity contribution < 1.29 is 13.2 Å². The van der Waals surface area contributed by atoms with Gasteiger partial charge in [-0.2, -0.15) is 0 Å². The van der Waals surface area contributed by atoms with Crippen molar-refractivity contribution in [2.75, 3.05) is 0 Å². The number of hydrogen-bond donors (Lipinski definition) is 1. The van der Waals surface area contributed by atoms with Crippen LogP contribution in [0.25, 0.3) is 11.3 Å². The minimum absolute atomic E-state index is 0. The number of carbonyl (C=O) groups excluding carboxylic acids is 1. The largest absolute Gasteiger partial charge is 0.326 e. The topological polar surface area (TPSA) is 95.0 Å². The monoisotopic (exact) mass is 417 g/mol. The summed E-state index contributed by atoms with van der Waals surface area (Å²) in [6.45, 7) is 3.92. The number of carbonyl (C=O) groups is 1. The van der Waals surface area contributed by atoms with Gasteiger partial charge in [0.1, 0.15) is 5.25 Å². The molecular weight excluding hydrogens is 398 g/mol. The zero-order valence-electron chi connectivity index (χ0n) is 14.9. The molecule has 8 heteroatoms. The van der Waals surface area contributed by atoms with Crippen LogP contribution >= 0.6 is 12.4 Å². The summed E-state index contributed by atoms with van der Waals surface area (Å²) in [5.74, 6) is 0. The predicted molar refractivity (Wildman–Crippen MR) is 112 cm³/mol. The Hall–Kier alpha value is -2.74. The summed E-state index contributed by atoms with van der Waals surface area (Å²) in [5, 5.41) is -1.01. The number of rotatable bonds is 7. The molecule has 3 aromatic rings. The van der Waals surface area contributed by atoms with E-state index in [-0.39, 0.29) is 24.5 Å². The van der Waals surface area contributed by atoms with Gasteiger partial charge in [0.2, 0.25) is 10.0 Å². The van der Waals surface area contributed by atoms with Crippen molar-refractivity contribution in [1.82, 2.24) is 8.96 Å². The van der Waals surface area contributed by atoms with Crippen LogP contribution in [0.15, 0.2) is 73.7 Å². The zero-order chi connectivity index (χ0) is 19.4. The van der Waals surface area contributed by atoms with E-state index in [1.165, 1.54) is 18.5 Å². The van der Waals surface area contributed by atoms with Crippen molar-refractivity contribution in [3.63, 3.8) is 0 Å². The Morgan fingerprint density at radius 2 is 1.96 bits per heavy atom. The molecular formula is C20H20ClN3O3S. The quantitative estimate of drug-likeness (QED) is 0.469. The van der Waals surface area contributed by atoms with Gasteiger partial charge in [-0.1, -0.05) is 36.4 Å². The molecule has 0 radical (unpaired) electrons. The van der Waals surface area contributed by atoms with Crippen LogP contribution in [-0.2, 0) is 16.6 Å². The van der Waals surface area contributed by atoms with Crippen LogP contribution in [-0.4, -0.2) is 23.7 Å². The first-order chi connectivity index (χ1) is 13.0. The van der Waals surface area contributed by atoms with Crippen LogP contribution in [0, 0.1) is 0 Å². The Morgan fingerprint density at radius 1 is 1.21 bits per heavy atom. The van der Waals surface area contributed by atoms with E-state index in [1.807, 2.05) is 12.1 Å². The fourth-order valence-electron chi connectivity index (χ4n) is 2.98. The second-order valence-electron chi connectivity index (χ2n) is 5.92. The lowest BCUT2D eigenvalue weighted by Gasteiger charge is -2.18. The van der Waals surface area contributed by atoms with E-state index in [1.54, 1.807) is 36.5 Å². The molecule has 146 valence electrons. The molecule has 3 rings (SSSR count). The van der Waals surface area contributed by atoms with Gasteiger partial charge in [-0.05, 0) is 23.3 Å². The maximum absolute atomic E-state index is 13.4. The number of nitrogens with two attached hydrogens (primary N) is 1. The van der Waals surface area contributed by atoms with Crippen LogP contribution in [0.3, 0.4) is 0 Å². The van der Waals surface area contributed by atoms with Gasteiger partial charge in [-0.25, -0.2) is 12.4 Å². The highest BCUT2D eigenvalue weighted by Crippen LogP contribution is 2.32. The highest BCUT2D eigenvalue weighted by molar-refractivity contribution is 7.90. The average molecular weight is 418 g/mol. The second kappa shape index (κ2) is 8.97. The standard InChI is InChI=1S/C20H19N3O3S.ClH/c1-2-20(17-7-5-9-22-12-17)27(25,26)23-13-15(14-24)10-19(23)18-8-4-3-6-16(18)11-21;/h2-10,12-14,20H,1,11,21H2;1H. The number of pyridine rings is 1. The molecule has 0 saturated carbocycles. The number of halogens is 1. The van der Waals surface area contributed by atoms with E-state index < -0.39 is 15.3 Å². The van der Waals surface area contributed by atoms with Gasteiger partial charge in [0.05, 0.1) is 5.69 Å². The van der Waals surface area contributed by atoms with E-state index in [4.69, 9.17) is 5.73 Å². The molecule has 1 atom stereocenters. The minimum atomic E-state index is -3.94. The molecule has 2 N–H and O–H groups in total. The van der Waals surface area contributed by atoms with Crippen LogP contribution in [0.2, 0.25) is 0 Å². The molecule has 1 unspecified atom stereocenters. The Morgan fingerprint density at radius 3 is 2.57 bits per heavy atom. The Bertz CT molecular complexity index is 1080. The van der Waals surface area contributed by atoms with Crippen LogP contribution in [0.4, 0.5) is 0 Å². The SMILES string of the molecule is C=CC(c1cccnc1)S(=O)(=O)n1cc(C=O)cc1-c1ccccc1CN.Cl. The van der Waals surface area contributed by atoms with Gasteiger partial charge in [0.15, 0.2) is 6.29 Å². The first-order valence-corrected chi connectivity index (χ1v) is 9.76. The molecule has 0 amide bonds. The van der Waals surface area contributed by atoms with Gasteiger partial charge in [-0.3, -0.25) is 9.78 Å². The summed E-state index contributed by atoms with van der Waals surface area (Å²) in [4.78, 5) is 15.3. The lowest BCUT2D eigenvalue weighted by Crippen LogP contribution is -2.20. The summed E-state index contributed by atoms with van der Waals surface area (Å²) in [6.07, 6.45) is 6.35. The van der Waals surface area contributed by atoms with Crippen molar-refractivity contribution in [3.8, 4) is 11.3 Å². The van der Waals surface area contributed by atoms with Gasteiger partial charge in [0.25, 0.3) is 0 Å². The first-order valence-electron chi connectivity index (χ1n) is 8.25. The van der Waals surface area contributed by atoms with E-state index >= 15 is 0 Å². The second-order valence-corrected chi connectivity index (χ2v) is 7.85. The summed E-state index contributed by atoms with van der Waals surface area (Å²) < 4.78 is 27.9. The van der Waals surface area contributed by atoms with Gasteiger partial charge >= 0.3 is 0 Å². The smallest absolute Gasteiger partial charge is 0.249 e. The maximum Gasteiger partial charge on any atom is 0.249 e. The number of nitrogens with zero attached hydrogens (tertiary/aromatic N) is 2. The minimum Gasteiger partial charge on any atom is -0.326 e. The molecule has 0 saturated heterocycles. The Balaban J connectivity index is 0.00000280.